The molecule has 0 saturated carbocycles. The van der Waals surface area contributed by atoms with Crippen LogP contribution >= 0.6 is 8.38 Å². The van der Waals surface area contributed by atoms with Crippen LogP contribution in [0.15, 0.2) is 0 Å². The second kappa shape index (κ2) is 10.1. The topological polar surface area (TPSA) is 35.5 Å². The molecule has 0 unspecified atom stereocenters. The second-order valence-corrected chi connectivity index (χ2v) is 4.71. The summed E-state index contributed by atoms with van der Waals surface area (Å²) in [6, 6.07) is 0. The van der Waals surface area contributed by atoms with Gasteiger partial charge in [0.2, 0.25) is 0 Å². The monoisotopic (exact) mass is 230 g/mol. The van der Waals surface area contributed by atoms with Crippen LogP contribution in [0.3, 0.4) is 0 Å². The molecule has 0 aromatic heterocycles. The van der Waals surface area contributed by atoms with Crippen LogP contribution < -0.4 is 0 Å². The molecule has 0 amide bonds. The summed E-state index contributed by atoms with van der Waals surface area (Å²) < 4.78 is 10.0. The van der Waals surface area contributed by atoms with Gasteiger partial charge >= 0.3 is 0 Å². The molecule has 0 saturated heterocycles. The first-order valence-electron chi connectivity index (χ1n) is 5.07. The van der Waals surface area contributed by atoms with Crippen molar-refractivity contribution in [2.45, 2.75) is 32.6 Å². The minimum absolute atomic E-state index is 0.163. The second-order valence-electron chi connectivity index (χ2n) is 3.00. The molecule has 0 bridgehead atoms. The van der Waals surface area contributed by atoms with E-state index in [9.17, 15) is 4.79 Å². The number of ketones is 1. The Balaban J connectivity index is 3.62. The minimum atomic E-state index is -1.02. The van der Waals surface area contributed by atoms with Crippen molar-refractivity contribution in [3.8, 4) is 11.8 Å². The fraction of sp³-hybridized carbons (Fsp3) is 0.727. The first-order chi connectivity index (χ1) is 7.24. The van der Waals surface area contributed by atoms with E-state index in [-0.39, 0.29) is 5.78 Å². The zero-order valence-electron chi connectivity index (χ0n) is 9.71. The molecule has 0 aromatic carbocycles. The number of carbonyl (C=O) groups excluding carboxylic acids is 1. The van der Waals surface area contributed by atoms with Crippen LogP contribution in [0.4, 0.5) is 0 Å². The number of unbranched alkanes of at least 4 members (excludes halogenated alkanes) is 1. The van der Waals surface area contributed by atoms with Gasteiger partial charge < -0.3 is 9.05 Å². The van der Waals surface area contributed by atoms with E-state index in [0.717, 1.165) is 12.8 Å². The highest BCUT2D eigenvalue weighted by Crippen LogP contribution is 2.35. The Labute approximate surface area is 93.4 Å². The molecule has 86 valence electrons. The molecule has 4 heteroatoms. The summed E-state index contributed by atoms with van der Waals surface area (Å²) in [5, 5.41) is 0. The Morgan fingerprint density at radius 2 is 1.80 bits per heavy atom. The number of hydrogen-bond donors (Lipinski definition) is 0. The number of hydrogen-bond acceptors (Lipinski definition) is 3. The van der Waals surface area contributed by atoms with Crippen LogP contribution in [0, 0.1) is 11.8 Å². The summed E-state index contributed by atoms with van der Waals surface area (Å²) in [7, 11) is 2.10. The zero-order valence-corrected chi connectivity index (χ0v) is 10.6. The molecule has 0 aliphatic heterocycles. The largest absolute Gasteiger partial charge is 0.337 e. The van der Waals surface area contributed by atoms with Gasteiger partial charge in [-0.3, -0.25) is 4.79 Å². The molecular formula is C11H19O3P. The summed E-state index contributed by atoms with van der Waals surface area (Å²) in [4.78, 5) is 11.4. The van der Waals surface area contributed by atoms with Crippen molar-refractivity contribution in [1.82, 2.24) is 0 Å². The van der Waals surface area contributed by atoms with E-state index in [2.05, 4.69) is 18.8 Å². The van der Waals surface area contributed by atoms with E-state index in [1.807, 2.05) is 0 Å². The Morgan fingerprint density at radius 3 is 2.33 bits per heavy atom. The first-order valence-corrected chi connectivity index (χ1v) is 6.44. The molecule has 0 radical (unpaired) electrons. The molecule has 0 fully saturated rings. The Hall–Kier alpha value is -0.420. The van der Waals surface area contributed by atoms with Gasteiger partial charge in [0, 0.05) is 33.5 Å². The predicted octanol–water partition coefficient (Wildman–Crippen LogP) is 2.74. The SMILES string of the molecule is CCCC#CCCC(=O)CP(OC)OC. The normalized spacial score (nSPS) is 9.87. The van der Waals surface area contributed by atoms with Gasteiger partial charge in [-0.25, -0.2) is 0 Å². The van der Waals surface area contributed by atoms with E-state index in [4.69, 9.17) is 9.05 Å². The van der Waals surface area contributed by atoms with Crippen LogP contribution in [0.1, 0.15) is 32.6 Å². The van der Waals surface area contributed by atoms with Gasteiger partial charge in [-0.15, -0.1) is 11.8 Å². The van der Waals surface area contributed by atoms with Crippen molar-refractivity contribution < 1.29 is 13.8 Å². The van der Waals surface area contributed by atoms with Crippen LogP contribution in [-0.4, -0.2) is 26.2 Å². The number of Topliss-reactive ketones (excluding diaryl/α,β-unsaturated/α-hetero) is 1. The Bertz CT molecular complexity index is 226. The summed E-state index contributed by atoms with van der Waals surface area (Å²) >= 11 is 0. The minimum Gasteiger partial charge on any atom is -0.337 e. The third-order valence-electron chi connectivity index (χ3n) is 1.74. The third kappa shape index (κ3) is 8.57. The number of carbonyl (C=O) groups is 1. The Kier molecular flexibility index (Phi) is 9.83. The highest BCUT2D eigenvalue weighted by atomic mass is 31.2. The summed E-state index contributed by atoms with van der Waals surface area (Å²) in [5.41, 5.74) is 0. The quantitative estimate of drug-likeness (QED) is 0.498. The van der Waals surface area contributed by atoms with Gasteiger partial charge in [0.1, 0.15) is 5.78 Å². The summed E-state index contributed by atoms with van der Waals surface area (Å²) in [5.74, 6) is 6.16. The molecule has 15 heavy (non-hydrogen) atoms. The maximum Gasteiger partial charge on any atom is 0.177 e. The standard InChI is InChI=1S/C11H19O3P/c1-4-5-6-7-8-9-11(12)10-15(13-2)14-3/h4-5,8-10H2,1-3H3. The van der Waals surface area contributed by atoms with Crippen molar-refractivity contribution in [2.75, 3.05) is 20.4 Å². The van der Waals surface area contributed by atoms with Crippen LogP contribution in [0.2, 0.25) is 0 Å². The van der Waals surface area contributed by atoms with Crippen LogP contribution in [0.25, 0.3) is 0 Å². The van der Waals surface area contributed by atoms with Gasteiger partial charge in [-0.1, -0.05) is 6.92 Å². The molecule has 0 aliphatic rings. The molecule has 0 aliphatic carbocycles. The average Bonchev–Trinajstić information content (AvgIpc) is 2.25. The maximum atomic E-state index is 11.4. The molecular weight excluding hydrogens is 211 g/mol. The van der Waals surface area contributed by atoms with Crippen molar-refractivity contribution >= 4 is 14.2 Å². The summed E-state index contributed by atoms with van der Waals surface area (Å²) in [6.07, 6.45) is 3.51. The molecule has 0 heterocycles. The summed E-state index contributed by atoms with van der Waals surface area (Å²) in [6.45, 7) is 2.09. The van der Waals surface area contributed by atoms with Crippen molar-refractivity contribution in [3.05, 3.63) is 0 Å². The molecule has 3 nitrogen and oxygen atoms in total. The van der Waals surface area contributed by atoms with Gasteiger partial charge in [-0.2, -0.15) is 0 Å². The van der Waals surface area contributed by atoms with E-state index < -0.39 is 8.38 Å². The lowest BCUT2D eigenvalue weighted by Gasteiger charge is -2.09. The zero-order chi connectivity index (χ0) is 11.5. The molecule has 0 N–H and O–H groups in total. The molecule has 0 rings (SSSR count). The van der Waals surface area contributed by atoms with Gasteiger partial charge in [0.25, 0.3) is 0 Å². The fourth-order valence-electron chi connectivity index (χ4n) is 0.930. The lowest BCUT2D eigenvalue weighted by Crippen LogP contribution is -2.04. The van der Waals surface area contributed by atoms with Gasteiger partial charge in [0.15, 0.2) is 8.38 Å². The maximum absolute atomic E-state index is 11.4. The van der Waals surface area contributed by atoms with Gasteiger partial charge in [0.05, 0.1) is 6.16 Å². The Morgan fingerprint density at radius 1 is 1.20 bits per heavy atom. The predicted molar refractivity (Wildman–Crippen MR) is 62.7 cm³/mol. The van der Waals surface area contributed by atoms with Gasteiger partial charge in [-0.05, 0) is 6.42 Å². The van der Waals surface area contributed by atoms with E-state index in [1.165, 1.54) is 0 Å². The number of rotatable bonds is 7. The highest BCUT2D eigenvalue weighted by molar-refractivity contribution is 7.48. The van der Waals surface area contributed by atoms with Crippen molar-refractivity contribution in [3.63, 3.8) is 0 Å². The fourth-order valence-corrected chi connectivity index (χ4v) is 1.78. The van der Waals surface area contributed by atoms with Crippen molar-refractivity contribution in [2.24, 2.45) is 0 Å². The van der Waals surface area contributed by atoms with E-state index >= 15 is 0 Å². The molecule has 0 spiro atoms. The molecule has 0 atom stereocenters. The third-order valence-corrected chi connectivity index (χ3v) is 3.17. The average molecular weight is 230 g/mol. The van der Waals surface area contributed by atoms with E-state index in [1.54, 1.807) is 14.2 Å². The van der Waals surface area contributed by atoms with Crippen LogP contribution in [0.5, 0.6) is 0 Å². The smallest absolute Gasteiger partial charge is 0.177 e. The highest BCUT2D eigenvalue weighted by Gasteiger charge is 2.11. The lowest BCUT2D eigenvalue weighted by atomic mass is 10.2. The van der Waals surface area contributed by atoms with Crippen molar-refractivity contribution in [1.29, 1.82) is 0 Å². The lowest BCUT2D eigenvalue weighted by molar-refractivity contribution is -0.116. The molecule has 0 aromatic rings. The van der Waals surface area contributed by atoms with Crippen LogP contribution in [-0.2, 0) is 13.8 Å². The van der Waals surface area contributed by atoms with E-state index in [0.29, 0.717) is 19.0 Å². The first kappa shape index (κ1) is 14.6.